The summed E-state index contributed by atoms with van der Waals surface area (Å²) in [4.78, 5) is 25.4. The van der Waals surface area contributed by atoms with Crippen LogP contribution in [0.2, 0.25) is 0 Å². The van der Waals surface area contributed by atoms with E-state index in [2.05, 4.69) is 20.0 Å². The van der Waals surface area contributed by atoms with Crippen LogP contribution >= 0.6 is 0 Å². The number of rotatable bonds is 5. The van der Waals surface area contributed by atoms with E-state index in [1.54, 1.807) is 20.0 Å². The Bertz CT molecular complexity index is 950. The second-order valence-corrected chi connectivity index (χ2v) is 6.93. The highest BCUT2D eigenvalue weighted by Crippen LogP contribution is 2.20. The van der Waals surface area contributed by atoms with Crippen LogP contribution in [0.25, 0.3) is 11.4 Å². The number of ether oxygens (including phenoxy) is 1. The van der Waals surface area contributed by atoms with Gasteiger partial charge in [-0.15, -0.1) is 0 Å². The predicted molar refractivity (Wildman–Crippen MR) is 108 cm³/mol. The lowest BCUT2D eigenvalue weighted by atomic mass is 10.2. The second kappa shape index (κ2) is 8.30. The molecule has 0 N–H and O–H groups in total. The number of hydrogen-bond acceptors (Lipinski definition) is 7. The summed E-state index contributed by atoms with van der Waals surface area (Å²) >= 11 is 0. The number of amides is 1. The minimum Gasteiger partial charge on any atom is -0.481 e. The van der Waals surface area contributed by atoms with Gasteiger partial charge in [0.25, 0.3) is 5.91 Å². The first kappa shape index (κ1) is 18.9. The van der Waals surface area contributed by atoms with Crippen LogP contribution in [0.5, 0.6) is 5.75 Å². The van der Waals surface area contributed by atoms with Crippen molar-refractivity contribution in [3.05, 3.63) is 54.6 Å². The summed E-state index contributed by atoms with van der Waals surface area (Å²) < 4.78 is 10.8. The van der Waals surface area contributed by atoms with Gasteiger partial charge in [0.15, 0.2) is 6.10 Å². The Labute approximate surface area is 169 Å². The van der Waals surface area contributed by atoms with Gasteiger partial charge in [-0.25, -0.2) is 4.98 Å². The highest BCUT2D eigenvalue weighted by Gasteiger charge is 2.26. The molecular formula is C21H23N5O3. The van der Waals surface area contributed by atoms with Gasteiger partial charge >= 0.3 is 0 Å². The number of benzene rings is 1. The topological polar surface area (TPSA) is 84.6 Å². The molecule has 0 spiro atoms. The van der Waals surface area contributed by atoms with E-state index in [4.69, 9.17) is 9.26 Å². The number of pyridine rings is 1. The zero-order valence-electron chi connectivity index (χ0n) is 16.5. The molecule has 1 aliphatic rings. The molecule has 3 aromatic rings. The summed E-state index contributed by atoms with van der Waals surface area (Å²) in [6.45, 7) is 6.25. The molecule has 1 atom stereocenters. The van der Waals surface area contributed by atoms with Gasteiger partial charge < -0.3 is 19.1 Å². The summed E-state index contributed by atoms with van der Waals surface area (Å²) in [5.41, 5.74) is 0.811. The van der Waals surface area contributed by atoms with Gasteiger partial charge in [-0.1, -0.05) is 23.4 Å². The fraction of sp³-hybridized carbons (Fsp3) is 0.333. The summed E-state index contributed by atoms with van der Waals surface area (Å²) in [6.07, 6.45) is 1.23. The number of nitrogens with zero attached hydrogens (tertiary/aromatic N) is 5. The Hall–Kier alpha value is -3.42. The van der Waals surface area contributed by atoms with Gasteiger partial charge in [-0.2, -0.15) is 4.98 Å². The van der Waals surface area contributed by atoms with Crippen LogP contribution < -0.4 is 9.64 Å². The summed E-state index contributed by atoms with van der Waals surface area (Å²) in [5.74, 6) is 2.63. The molecule has 4 rings (SSSR count). The molecule has 150 valence electrons. The average molecular weight is 393 g/mol. The molecule has 0 bridgehead atoms. The van der Waals surface area contributed by atoms with Crippen LogP contribution in [0.15, 0.2) is 53.2 Å². The lowest BCUT2D eigenvalue weighted by Gasteiger charge is -2.36. The van der Waals surface area contributed by atoms with Crippen molar-refractivity contribution < 1.29 is 14.1 Å². The van der Waals surface area contributed by atoms with E-state index in [1.807, 2.05) is 47.4 Å². The van der Waals surface area contributed by atoms with E-state index in [1.165, 1.54) is 0 Å². The number of para-hydroxylation sites is 1. The first-order valence-electron chi connectivity index (χ1n) is 9.62. The van der Waals surface area contributed by atoms with Gasteiger partial charge in [-0.3, -0.25) is 4.79 Å². The molecular weight excluding hydrogens is 370 g/mol. The van der Waals surface area contributed by atoms with Gasteiger partial charge in [0, 0.05) is 44.9 Å². The quantitative estimate of drug-likeness (QED) is 0.659. The second-order valence-electron chi connectivity index (χ2n) is 6.93. The molecule has 29 heavy (non-hydrogen) atoms. The number of anilines is 1. The molecule has 8 nitrogen and oxygen atoms in total. The molecule has 3 heterocycles. The standard InChI is InChI=1S/C21H23N5O3/c1-15(28-18-6-4-3-5-7-18)21(27)26-12-10-25(11-13-26)19-9-8-17(14-22-19)20-23-16(2)29-24-20/h3-9,14-15H,10-13H2,1-2H3/t15-/m1/s1. The Morgan fingerprint density at radius 3 is 2.48 bits per heavy atom. The van der Waals surface area contributed by atoms with Gasteiger partial charge in [0.05, 0.1) is 0 Å². The molecule has 0 radical (unpaired) electrons. The molecule has 0 unspecified atom stereocenters. The first-order chi connectivity index (χ1) is 14.1. The zero-order valence-corrected chi connectivity index (χ0v) is 16.5. The molecule has 0 aliphatic carbocycles. The van der Waals surface area contributed by atoms with Crippen LogP contribution in [0.1, 0.15) is 12.8 Å². The van der Waals surface area contributed by atoms with E-state index in [0.29, 0.717) is 30.6 Å². The van der Waals surface area contributed by atoms with E-state index in [-0.39, 0.29) is 5.91 Å². The minimum absolute atomic E-state index is 0.00397. The number of carbonyl (C=O) groups is 1. The van der Waals surface area contributed by atoms with Crippen molar-refractivity contribution in [1.29, 1.82) is 0 Å². The van der Waals surface area contributed by atoms with Crippen LogP contribution in [0, 0.1) is 6.92 Å². The average Bonchev–Trinajstić information content (AvgIpc) is 3.20. The SMILES string of the molecule is Cc1nc(-c2ccc(N3CCN(C(=O)[C@@H](C)Oc4ccccc4)CC3)nc2)no1. The maximum absolute atomic E-state index is 12.7. The Balaban J connectivity index is 1.32. The number of aryl methyl sites for hydroxylation is 1. The van der Waals surface area contributed by atoms with Gasteiger partial charge in [0.1, 0.15) is 11.6 Å². The first-order valence-corrected chi connectivity index (χ1v) is 9.62. The number of aromatic nitrogens is 3. The van der Waals surface area contributed by atoms with Crippen molar-refractivity contribution in [2.75, 3.05) is 31.1 Å². The van der Waals surface area contributed by atoms with Crippen molar-refractivity contribution in [3.8, 4) is 17.1 Å². The van der Waals surface area contributed by atoms with Crippen molar-refractivity contribution in [3.63, 3.8) is 0 Å². The molecule has 1 amide bonds. The van der Waals surface area contributed by atoms with E-state index in [0.717, 1.165) is 24.5 Å². The predicted octanol–water partition coefficient (Wildman–Crippen LogP) is 2.56. The molecule has 1 fully saturated rings. The van der Waals surface area contributed by atoms with E-state index in [9.17, 15) is 4.79 Å². The van der Waals surface area contributed by atoms with Crippen molar-refractivity contribution in [2.24, 2.45) is 0 Å². The Morgan fingerprint density at radius 2 is 1.86 bits per heavy atom. The molecule has 1 saturated heterocycles. The van der Waals surface area contributed by atoms with Crippen LogP contribution in [-0.2, 0) is 4.79 Å². The maximum Gasteiger partial charge on any atom is 0.263 e. The smallest absolute Gasteiger partial charge is 0.263 e. The number of carbonyl (C=O) groups excluding carboxylic acids is 1. The lowest BCUT2D eigenvalue weighted by Crippen LogP contribution is -2.52. The Kier molecular flexibility index (Phi) is 5.41. The van der Waals surface area contributed by atoms with Gasteiger partial charge in [-0.05, 0) is 31.2 Å². The highest BCUT2D eigenvalue weighted by atomic mass is 16.5. The van der Waals surface area contributed by atoms with Gasteiger partial charge in [0.2, 0.25) is 11.7 Å². The minimum atomic E-state index is -0.514. The van der Waals surface area contributed by atoms with Crippen LogP contribution in [-0.4, -0.2) is 58.2 Å². The fourth-order valence-corrected chi connectivity index (χ4v) is 3.29. The third-order valence-corrected chi connectivity index (χ3v) is 4.85. The molecule has 0 saturated carbocycles. The summed E-state index contributed by atoms with van der Waals surface area (Å²) in [7, 11) is 0. The normalized spacial score (nSPS) is 15.2. The van der Waals surface area contributed by atoms with Crippen molar-refractivity contribution in [1.82, 2.24) is 20.0 Å². The zero-order chi connectivity index (χ0) is 20.2. The molecule has 1 aliphatic heterocycles. The highest BCUT2D eigenvalue weighted by molar-refractivity contribution is 5.81. The van der Waals surface area contributed by atoms with E-state index < -0.39 is 6.10 Å². The van der Waals surface area contributed by atoms with E-state index >= 15 is 0 Å². The number of hydrogen-bond donors (Lipinski definition) is 0. The Morgan fingerprint density at radius 1 is 1.10 bits per heavy atom. The molecule has 1 aromatic carbocycles. The van der Waals surface area contributed by atoms with Crippen LogP contribution in [0.3, 0.4) is 0 Å². The molecule has 8 heteroatoms. The summed E-state index contributed by atoms with van der Waals surface area (Å²) in [5, 5.41) is 3.91. The molecule has 2 aromatic heterocycles. The number of piperazine rings is 1. The third-order valence-electron chi connectivity index (χ3n) is 4.85. The lowest BCUT2D eigenvalue weighted by molar-refractivity contribution is -0.138. The van der Waals surface area contributed by atoms with Crippen molar-refractivity contribution >= 4 is 11.7 Å². The van der Waals surface area contributed by atoms with Crippen molar-refractivity contribution in [2.45, 2.75) is 20.0 Å². The largest absolute Gasteiger partial charge is 0.481 e. The maximum atomic E-state index is 12.7. The monoisotopic (exact) mass is 393 g/mol. The summed E-state index contributed by atoms with van der Waals surface area (Å²) in [6, 6.07) is 13.3. The van der Waals surface area contributed by atoms with Crippen LogP contribution in [0.4, 0.5) is 5.82 Å². The third kappa shape index (κ3) is 4.37. The fourth-order valence-electron chi connectivity index (χ4n) is 3.29.